The van der Waals surface area contributed by atoms with Gasteiger partial charge in [0.05, 0.1) is 6.20 Å². The number of hydrogen-bond donors (Lipinski definition) is 2. The van der Waals surface area contributed by atoms with Crippen LogP contribution < -0.4 is 0 Å². The monoisotopic (exact) mass is 175 g/mol. The van der Waals surface area contributed by atoms with Gasteiger partial charge in [-0.25, -0.2) is 0 Å². The Bertz CT molecular complexity index is 409. The quantitative estimate of drug-likeness (QED) is 0.690. The molecule has 4 heteroatoms. The molecule has 2 aromatic rings. The molecule has 1 aromatic heterocycles. The Morgan fingerprint density at radius 3 is 2.92 bits per heavy atom. The summed E-state index contributed by atoms with van der Waals surface area (Å²) in [6.45, 7) is 1.96. The van der Waals surface area contributed by atoms with Crippen LogP contribution in [0.1, 0.15) is 5.56 Å². The van der Waals surface area contributed by atoms with Crippen molar-refractivity contribution in [2.24, 2.45) is 0 Å². The van der Waals surface area contributed by atoms with E-state index in [1.807, 2.05) is 13.0 Å². The second-order valence-electron chi connectivity index (χ2n) is 2.86. The van der Waals surface area contributed by atoms with Crippen LogP contribution in [0.3, 0.4) is 0 Å². The third kappa shape index (κ3) is 1.38. The van der Waals surface area contributed by atoms with Crippen molar-refractivity contribution in [3.63, 3.8) is 0 Å². The fourth-order valence-corrected chi connectivity index (χ4v) is 1.22. The van der Waals surface area contributed by atoms with Crippen molar-refractivity contribution in [3.8, 4) is 17.0 Å². The van der Waals surface area contributed by atoms with Gasteiger partial charge in [0, 0.05) is 5.56 Å². The number of aromatic hydroxyl groups is 1. The number of H-pyrrole nitrogens is 1. The van der Waals surface area contributed by atoms with E-state index in [-0.39, 0.29) is 5.75 Å². The summed E-state index contributed by atoms with van der Waals surface area (Å²) in [6, 6.07) is 5.17. The number of hydrogen-bond acceptors (Lipinski definition) is 3. The Morgan fingerprint density at radius 1 is 1.38 bits per heavy atom. The first-order chi connectivity index (χ1) is 6.27. The lowest BCUT2D eigenvalue weighted by molar-refractivity contribution is 0.475. The molecule has 0 saturated carbocycles. The van der Waals surface area contributed by atoms with Crippen molar-refractivity contribution >= 4 is 0 Å². The second kappa shape index (κ2) is 2.90. The minimum atomic E-state index is 0.239. The van der Waals surface area contributed by atoms with Crippen molar-refractivity contribution in [1.82, 2.24) is 15.4 Å². The fraction of sp³-hybridized carbons (Fsp3) is 0.111. The van der Waals surface area contributed by atoms with Crippen LogP contribution in [0.15, 0.2) is 24.4 Å². The molecule has 0 aliphatic rings. The highest BCUT2D eigenvalue weighted by Gasteiger charge is 2.04. The molecule has 0 saturated heterocycles. The van der Waals surface area contributed by atoms with Gasteiger partial charge < -0.3 is 5.11 Å². The van der Waals surface area contributed by atoms with Crippen LogP contribution in [-0.4, -0.2) is 20.5 Å². The normalized spacial score (nSPS) is 10.2. The summed E-state index contributed by atoms with van der Waals surface area (Å²) < 4.78 is 0. The van der Waals surface area contributed by atoms with E-state index in [9.17, 15) is 5.11 Å². The summed E-state index contributed by atoms with van der Waals surface area (Å²) in [5.41, 5.74) is 2.70. The van der Waals surface area contributed by atoms with E-state index < -0.39 is 0 Å². The largest absolute Gasteiger partial charge is 0.508 e. The topological polar surface area (TPSA) is 61.8 Å². The minimum Gasteiger partial charge on any atom is -0.508 e. The van der Waals surface area contributed by atoms with Crippen LogP contribution in [0.25, 0.3) is 11.3 Å². The molecule has 2 N–H and O–H groups in total. The SMILES string of the molecule is Cc1ccc(O)cc1-c1c[nH]nn1. The van der Waals surface area contributed by atoms with Crippen LogP contribution in [0.5, 0.6) is 5.75 Å². The first kappa shape index (κ1) is 7.79. The fourth-order valence-electron chi connectivity index (χ4n) is 1.22. The van der Waals surface area contributed by atoms with Gasteiger partial charge in [-0.15, -0.1) is 5.10 Å². The Kier molecular flexibility index (Phi) is 1.73. The van der Waals surface area contributed by atoms with Crippen molar-refractivity contribution < 1.29 is 5.11 Å². The van der Waals surface area contributed by atoms with Gasteiger partial charge in [-0.3, -0.25) is 5.10 Å². The number of benzene rings is 1. The standard InChI is InChI=1S/C9H9N3O/c1-6-2-3-7(13)4-8(6)9-5-10-12-11-9/h2-5,13H,1H3,(H,10,11,12). The Labute approximate surface area is 75.2 Å². The number of aromatic amines is 1. The Hall–Kier alpha value is -1.84. The van der Waals surface area contributed by atoms with Crippen molar-refractivity contribution in [1.29, 1.82) is 0 Å². The third-order valence-corrected chi connectivity index (χ3v) is 1.91. The highest BCUT2D eigenvalue weighted by atomic mass is 16.3. The molecule has 0 bridgehead atoms. The van der Waals surface area contributed by atoms with Gasteiger partial charge in [0.2, 0.25) is 0 Å². The molecule has 0 aliphatic carbocycles. The molecule has 0 aliphatic heterocycles. The number of aromatic nitrogens is 3. The van der Waals surface area contributed by atoms with Crippen LogP contribution in [0.2, 0.25) is 0 Å². The lowest BCUT2D eigenvalue weighted by Gasteiger charge is -2.01. The number of rotatable bonds is 1. The lowest BCUT2D eigenvalue weighted by Crippen LogP contribution is -1.82. The average Bonchev–Trinajstić information content (AvgIpc) is 2.61. The summed E-state index contributed by atoms with van der Waals surface area (Å²) in [7, 11) is 0. The number of phenolic OH excluding ortho intramolecular Hbond substituents is 1. The van der Waals surface area contributed by atoms with E-state index in [1.165, 1.54) is 0 Å². The summed E-state index contributed by atoms with van der Waals surface area (Å²) in [6.07, 6.45) is 1.70. The summed E-state index contributed by atoms with van der Waals surface area (Å²) in [4.78, 5) is 0. The first-order valence-corrected chi connectivity index (χ1v) is 3.94. The zero-order valence-electron chi connectivity index (χ0n) is 7.15. The third-order valence-electron chi connectivity index (χ3n) is 1.91. The molecule has 0 unspecified atom stereocenters. The van der Waals surface area contributed by atoms with E-state index in [4.69, 9.17) is 0 Å². The number of phenols is 1. The predicted molar refractivity (Wildman–Crippen MR) is 48.2 cm³/mol. The van der Waals surface area contributed by atoms with Crippen molar-refractivity contribution in [2.45, 2.75) is 6.92 Å². The van der Waals surface area contributed by atoms with Gasteiger partial charge in [0.1, 0.15) is 11.4 Å². The molecule has 0 amide bonds. The molecular weight excluding hydrogens is 166 g/mol. The van der Waals surface area contributed by atoms with E-state index >= 15 is 0 Å². The number of nitrogens with one attached hydrogen (secondary N) is 1. The Morgan fingerprint density at radius 2 is 2.23 bits per heavy atom. The molecule has 4 nitrogen and oxygen atoms in total. The van der Waals surface area contributed by atoms with Gasteiger partial charge in [-0.05, 0) is 24.6 Å². The van der Waals surface area contributed by atoms with Crippen molar-refractivity contribution in [3.05, 3.63) is 30.0 Å². The predicted octanol–water partition coefficient (Wildman–Crippen LogP) is 1.49. The van der Waals surface area contributed by atoms with Crippen LogP contribution in [0, 0.1) is 6.92 Å². The lowest BCUT2D eigenvalue weighted by atomic mass is 10.1. The summed E-state index contributed by atoms with van der Waals surface area (Å²) in [5.74, 6) is 0.239. The highest BCUT2D eigenvalue weighted by molar-refractivity contribution is 5.64. The van der Waals surface area contributed by atoms with Crippen LogP contribution in [-0.2, 0) is 0 Å². The summed E-state index contributed by atoms with van der Waals surface area (Å²) in [5, 5.41) is 19.4. The maximum Gasteiger partial charge on any atom is 0.116 e. The van der Waals surface area contributed by atoms with Gasteiger partial charge in [-0.1, -0.05) is 11.3 Å². The molecule has 1 aromatic carbocycles. The molecular formula is C9H9N3O. The van der Waals surface area contributed by atoms with Gasteiger partial charge in [0.15, 0.2) is 0 Å². The average molecular weight is 175 g/mol. The van der Waals surface area contributed by atoms with Crippen LogP contribution in [0.4, 0.5) is 0 Å². The molecule has 66 valence electrons. The molecule has 0 atom stereocenters. The molecule has 0 fully saturated rings. The second-order valence-corrected chi connectivity index (χ2v) is 2.86. The molecule has 1 heterocycles. The number of nitrogens with zero attached hydrogens (tertiary/aromatic N) is 2. The molecule has 13 heavy (non-hydrogen) atoms. The Balaban J connectivity index is 2.57. The number of aryl methyl sites for hydroxylation is 1. The maximum absolute atomic E-state index is 9.28. The van der Waals surface area contributed by atoms with Crippen LogP contribution >= 0.6 is 0 Å². The van der Waals surface area contributed by atoms with E-state index in [0.29, 0.717) is 0 Å². The smallest absolute Gasteiger partial charge is 0.116 e. The van der Waals surface area contributed by atoms with Gasteiger partial charge >= 0.3 is 0 Å². The van der Waals surface area contributed by atoms with E-state index in [2.05, 4.69) is 15.4 Å². The van der Waals surface area contributed by atoms with E-state index in [0.717, 1.165) is 16.8 Å². The zero-order chi connectivity index (χ0) is 9.26. The maximum atomic E-state index is 9.28. The highest BCUT2D eigenvalue weighted by Crippen LogP contribution is 2.24. The van der Waals surface area contributed by atoms with Gasteiger partial charge in [0.25, 0.3) is 0 Å². The molecule has 2 rings (SSSR count). The zero-order valence-corrected chi connectivity index (χ0v) is 7.15. The van der Waals surface area contributed by atoms with Crippen molar-refractivity contribution in [2.75, 3.05) is 0 Å². The summed E-state index contributed by atoms with van der Waals surface area (Å²) >= 11 is 0. The van der Waals surface area contributed by atoms with E-state index in [1.54, 1.807) is 18.3 Å². The molecule has 0 radical (unpaired) electrons. The molecule has 0 spiro atoms. The van der Waals surface area contributed by atoms with Gasteiger partial charge in [-0.2, -0.15) is 0 Å². The first-order valence-electron chi connectivity index (χ1n) is 3.94. The minimum absolute atomic E-state index is 0.239.